The van der Waals surface area contributed by atoms with Gasteiger partial charge in [-0.2, -0.15) is 0 Å². The van der Waals surface area contributed by atoms with Gasteiger partial charge >= 0.3 is 0 Å². The van der Waals surface area contributed by atoms with Crippen molar-refractivity contribution in [1.82, 2.24) is 13.7 Å². The van der Waals surface area contributed by atoms with E-state index < -0.39 is 0 Å². The van der Waals surface area contributed by atoms with Gasteiger partial charge in [0.1, 0.15) is 0 Å². The quantitative estimate of drug-likeness (QED) is 0.156. The molecule has 2 aliphatic heterocycles. The Hall–Kier alpha value is -11.5. The van der Waals surface area contributed by atoms with Crippen molar-refractivity contribution in [3.63, 3.8) is 0 Å². The van der Waals surface area contributed by atoms with Gasteiger partial charge in [-0.25, -0.2) is 0 Å². The highest BCUT2D eigenvalue weighted by Crippen LogP contribution is 2.45. The summed E-state index contributed by atoms with van der Waals surface area (Å²) in [5.74, 6) is 0. The molecule has 5 heterocycles. The molecule has 88 heavy (non-hydrogen) atoms. The second-order valence-corrected chi connectivity index (χ2v) is 23.8. The minimum absolute atomic E-state index is 0.266. The largest absolute Gasteiger partial charge is 0.310 e. The Bertz CT molecular complexity index is 5940. The molecule has 19 rings (SSSR count). The standard InChI is InChI=1S/C84H52BN3/c1-4-25-53(26-5-1)56-47-71-65-36-14-11-32-61(65)60-31-10-13-34-63(60)67-38-18-23-45-77(67)87-79-51-58(86-75-43-21-19-39-68(75)69-40-20-22-44-76(69)86)52-80-82(79)85(73(49-56)83(71)87)74-50-57(54-27-6-2-7-28-54)48-72-66-37-15-12-33-62(66)64-35-16-17-41-70(64)81-59(55-29-8-3-9-30-55)42-24-46-78(81)88(80)84(72)74/h1-52H. The molecule has 406 valence electrons. The summed E-state index contributed by atoms with van der Waals surface area (Å²) in [5.41, 5.74) is 21.1. The van der Waals surface area contributed by atoms with Crippen LogP contribution >= 0.6 is 0 Å². The number of benzene rings is 14. The summed E-state index contributed by atoms with van der Waals surface area (Å²) in [6, 6.07) is 119. The lowest BCUT2D eigenvalue weighted by Crippen LogP contribution is -2.60. The molecule has 3 nitrogen and oxygen atoms in total. The van der Waals surface area contributed by atoms with E-state index in [9.17, 15) is 0 Å². The molecule has 17 aromatic rings. The lowest BCUT2D eigenvalue weighted by atomic mass is 9.34. The monoisotopic (exact) mass is 1110 g/mol. The molecule has 0 spiro atoms. The number of fused-ring (bicyclic) bond motifs is 21. The molecule has 0 unspecified atom stereocenters. The van der Waals surface area contributed by atoms with Crippen molar-refractivity contribution in [3.05, 3.63) is 315 Å². The van der Waals surface area contributed by atoms with E-state index in [1.165, 1.54) is 136 Å². The number of nitrogens with zero attached hydrogens (tertiary/aromatic N) is 3. The Morgan fingerprint density at radius 2 is 0.545 bits per heavy atom. The molecular weight excluding hydrogens is 1060 g/mol. The van der Waals surface area contributed by atoms with E-state index in [1.54, 1.807) is 0 Å². The molecule has 0 aliphatic carbocycles. The second kappa shape index (κ2) is 19.0. The first-order valence-electron chi connectivity index (χ1n) is 30.6. The van der Waals surface area contributed by atoms with Crippen molar-refractivity contribution >= 4 is 132 Å². The zero-order valence-corrected chi connectivity index (χ0v) is 47.9. The van der Waals surface area contributed by atoms with E-state index >= 15 is 0 Å². The van der Waals surface area contributed by atoms with Gasteiger partial charge in [0.25, 0.3) is 6.71 Å². The van der Waals surface area contributed by atoms with Gasteiger partial charge in [0, 0.05) is 54.7 Å². The Kier molecular flexibility index (Phi) is 10.6. The minimum Gasteiger partial charge on any atom is -0.310 e. The molecule has 0 N–H and O–H groups in total. The molecule has 0 atom stereocenters. The molecule has 0 saturated carbocycles. The Morgan fingerprint density at radius 1 is 0.216 bits per heavy atom. The van der Waals surface area contributed by atoms with Crippen molar-refractivity contribution in [3.8, 4) is 50.4 Å². The highest BCUT2D eigenvalue weighted by molar-refractivity contribution is 7.00. The van der Waals surface area contributed by atoms with Gasteiger partial charge in [0.05, 0.1) is 27.8 Å². The highest BCUT2D eigenvalue weighted by atomic mass is 15.1. The molecule has 3 aromatic heterocycles. The maximum atomic E-state index is 2.71. The smallest absolute Gasteiger partial charge is 0.252 e. The van der Waals surface area contributed by atoms with Crippen LogP contribution in [0.1, 0.15) is 0 Å². The van der Waals surface area contributed by atoms with Gasteiger partial charge in [-0.1, -0.05) is 267 Å². The third-order valence-corrected chi connectivity index (χ3v) is 19.2. The van der Waals surface area contributed by atoms with Crippen LogP contribution in [0.2, 0.25) is 0 Å². The summed E-state index contributed by atoms with van der Waals surface area (Å²) in [4.78, 5) is 0. The first-order valence-corrected chi connectivity index (χ1v) is 30.6. The fourth-order valence-corrected chi connectivity index (χ4v) is 15.6. The van der Waals surface area contributed by atoms with Crippen molar-refractivity contribution < 1.29 is 0 Å². The molecule has 0 amide bonds. The Labute approximate surface area is 508 Å². The topological polar surface area (TPSA) is 14.8 Å². The lowest BCUT2D eigenvalue weighted by molar-refractivity contribution is 1.10. The summed E-state index contributed by atoms with van der Waals surface area (Å²) in [6.45, 7) is -0.266. The Morgan fingerprint density at radius 3 is 1.01 bits per heavy atom. The van der Waals surface area contributed by atoms with Crippen LogP contribution < -0.4 is 16.4 Å². The van der Waals surface area contributed by atoms with E-state index in [-0.39, 0.29) is 6.71 Å². The third kappa shape index (κ3) is 7.03. The summed E-state index contributed by atoms with van der Waals surface area (Å²) < 4.78 is 7.94. The van der Waals surface area contributed by atoms with Crippen LogP contribution in [0.4, 0.5) is 0 Å². The Balaban J connectivity index is 1.15. The summed E-state index contributed by atoms with van der Waals surface area (Å²) in [7, 11) is 0. The highest BCUT2D eigenvalue weighted by Gasteiger charge is 2.41. The molecule has 14 aromatic carbocycles. The predicted octanol–water partition coefficient (Wildman–Crippen LogP) is 20.0. The van der Waals surface area contributed by atoms with Crippen molar-refractivity contribution in [2.24, 2.45) is 0 Å². The van der Waals surface area contributed by atoms with Gasteiger partial charge in [-0.15, -0.1) is 0 Å². The lowest BCUT2D eigenvalue weighted by Gasteiger charge is -2.37. The van der Waals surface area contributed by atoms with E-state index in [1.807, 2.05) is 0 Å². The maximum Gasteiger partial charge on any atom is 0.252 e. The van der Waals surface area contributed by atoms with Crippen LogP contribution in [0, 0.1) is 0 Å². The van der Waals surface area contributed by atoms with Crippen LogP contribution in [-0.4, -0.2) is 20.4 Å². The third-order valence-electron chi connectivity index (χ3n) is 19.2. The van der Waals surface area contributed by atoms with Gasteiger partial charge in [-0.05, 0) is 141 Å². The molecule has 0 fully saturated rings. The van der Waals surface area contributed by atoms with Crippen LogP contribution in [0.25, 0.3) is 159 Å². The fourth-order valence-electron chi connectivity index (χ4n) is 15.6. The summed E-state index contributed by atoms with van der Waals surface area (Å²) in [6.07, 6.45) is 0. The number of hydrogen-bond acceptors (Lipinski definition) is 0. The van der Waals surface area contributed by atoms with E-state index in [4.69, 9.17) is 0 Å². The molecule has 0 bridgehead atoms. The normalized spacial score (nSPS) is 12.3. The van der Waals surface area contributed by atoms with Crippen LogP contribution in [0.3, 0.4) is 0 Å². The van der Waals surface area contributed by atoms with Crippen LogP contribution in [0.5, 0.6) is 0 Å². The number of hydrogen-bond donors (Lipinski definition) is 0. The van der Waals surface area contributed by atoms with E-state index in [0.717, 1.165) is 39.1 Å². The van der Waals surface area contributed by atoms with E-state index in [2.05, 4.69) is 329 Å². The molecular formula is C84H52BN3. The van der Waals surface area contributed by atoms with Crippen molar-refractivity contribution in [1.29, 1.82) is 0 Å². The molecule has 0 radical (unpaired) electrons. The van der Waals surface area contributed by atoms with Gasteiger partial charge in [0.15, 0.2) is 0 Å². The van der Waals surface area contributed by atoms with Crippen LogP contribution in [0.15, 0.2) is 315 Å². The predicted molar refractivity (Wildman–Crippen MR) is 376 cm³/mol. The first-order chi connectivity index (χ1) is 43.7. The van der Waals surface area contributed by atoms with Crippen LogP contribution in [-0.2, 0) is 0 Å². The van der Waals surface area contributed by atoms with Gasteiger partial charge < -0.3 is 13.7 Å². The van der Waals surface area contributed by atoms with Gasteiger partial charge in [-0.3, -0.25) is 0 Å². The number of para-hydroxylation sites is 3. The zero-order valence-electron chi connectivity index (χ0n) is 47.9. The fraction of sp³-hybridized carbons (Fsp3) is 0. The number of rotatable bonds is 4. The molecule has 4 heteroatoms. The SMILES string of the molecule is c1ccc(-c2cc3c4c(c2)c2ccccc2c2ccccc2c2ccccc2n4-c2cc(-n4c5ccccc5c5ccccc54)cc4c2B3c2cc(-c3ccccc3)cc3c5ccccc5c5ccccc5c5c(-c6ccccc6)cccc5n-4c23)cc1. The summed E-state index contributed by atoms with van der Waals surface area (Å²) >= 11 is 0. The average molecular weight is 1110 g/mol. The zero-order chi connectivity index (χ0) is 57.6. The van der Waals surface area contributed by atoms with E-state index in [0.29, 0.717) is 0 Å². The maximum absolute atomic E-state index is 2.71. The van der Waals surface area contributed by atoms with Crippen molar-refractivity contribution in [2.75, 3.05) is 0 Å². The van der Waals surface area contributed by atoms with Crippen molar-refractivity contribution in [2.45, 2.75) is 0 Å². The molecule has 0 saturated heterocycles. The summed E-state index contributed by atoms with van der Waals surface area (Å²) in [5, 5.41) is 16.7. The number of aromatic nitrogens is 3. The second-order valence-electron chi connectivity index (χ2n) is 23.8. The molecule has 2 aliphatic rings. The first kappa shape index (κ1) is 48.9. The van der Waals surface area contributed by atoms with Gasteiger partial charge in [0.2, 0.25) is 0 Å². The minimum atomic E-state index is -0.266. The average Bonchev–Trinajstić information content (AvgIpc) is 0.890.